The molecule has 0 spiro atoms. The van der Waals surface area contributed by atoms with Crippen LogP contribution in [0, 0.1) is 0 Å². The Morgan fingerprint density at radius 3 is 2.60 bits per heavy atom. The van der Waals surface area contributed by atoms with Crippen molar-refractivity contribution in [1.82, 2.24) is 4.72 Å². The van der Waals surface area contributed by atoms with Crippen LogP contribution in [-0.2, 0) is 10.0 Å². The van der Waals surface area contributed by atoms with Crippen LogP contribution in [0.2, 0.25) is 5.02 Å². The molecule has 0 saturated heterocycles. The molecule has 2 unspecified atom stereocenters. The third-order valence-electron chi connectivity index (χ3n) is 4.11. The van der Waals surface area contributed by atoms with Crippen molar-refractivity contribution in [2.45, 2.75) is 23.2 Å². The molecule has 2 atom stereocenters. The fourth-order valence-corrected chi connectivity index (χ4v) is 5.20. The van der Waals surface area contributed by atoms with Crippen LogP contribution in [0.4, 0.5) is 0 Å². The standard InChI is InChI=1S/C18H18ClNO3S2/c1-12(13-5-3-2-4-6-13)16(21)11-20-25(22,23)18-10-14-9-15(19)7-8-17(14)24-18/h2-10,12,16,20-21H,11H2,1H3. The zero-order chi connectivity index (χ0) is 18.0. The molecule has 25 heavy (non-hydrogen) atoms. The molecule has 2 aromatic carbocycles. The predicted octanol–water partition coefficient (Wildman–Crippen LogP) is 4.00. The molecule has 7 heteroatoms. The first-order valence-electron chi connectivity index (χ1n) is 7.78. The monoisotopic (exact) mass is 395 g/mol. The van der Waals surface area contributed by atoms with Crippen LogP contribution in [-0.4, -0.2) is 26.2 Å². The van der Waals surface area contributed by atoms with Crippen molar-refractivity contribution in [3.8, 4) is 0 Å². The normalized spacial score (nSPS) is 14.5. The lowest BCUT2D eigenvalue weighted by molar-refractivity contribution is 0.153. The molecule has 0 fully saturated rings. The SMILES string of the molecule is CC(c1ccccc1)C(O)CNS(=O)(=O)c1cc2cc(Cl)ccc2s1. The van der Waals surface area contributed by atoms with E-state index >= 15 is 0 Å². The highest BCUT2D eigenvalue weighted by atomic mass is 35.5. The maximum absolute atomic E-state index is 12.5. The summed E-state index contributed by atoms with van der Waals surface area (Å²) in [5.41, 5.74) is 0.964. The second-order valence-electron chi connectivity index (χ2n) is 5.87. The molecule has 0 radical (unpaired) electrons. The number of halogens is 1. The van der Waals surface area contributed by atoms with Crippen molar-refractivity contribution in [2.75, 3.05) is 6.54 Å². The van der Waals surface area contributed by atoms with Gasteiger partial charge in [0.15, 0.2) is 0 Å². The van der Waals surface area contributed by atoms with Gasteiger partial charge in [0, 0.05) is 22.2 Å². The lowest BCUT2D eigenvalue weighted by atomic mass is 9.96. The van der Waals surface area contributed by atoms with Gasteiger partial charge < -0.3 is 5.11 Å². The summed E-state index contributed by atoms with van der Waals surface area (Å²) in [6.45, 7) is 1.82. The Labute approximate surface area is 156 Å². The second-order valence-corrected chi connectivity index (χ2v) is 9.38. The second kappa shape index (κ2) is 7.43. The zero-order valence-corrected chi connectivity index (χ0v) is 15.9. The summed E-state index contributed by atoms with van der Waals surface area (Å²) < 4.78 is 28.6. The quantitative estimate of drug-likeness (QED) is 0.663. The molecule has 132 valence electrons. The Morgan fingerprint density at radius 1 is 1.16 bits per heavy atom. The number of rotatable bonds is 6. The van der Waals surface area contributed by atoms with Crippen LogP contribution >= 0.6 is 22.9 Å². The molecule has 0 aliphatic heterocycles. The average Bonchev–Trinajstić information content (AvgIpc) is 3.04. The van der Waals surface area contributed by atoms with Crippen molar-refractivity contribution in [3.63, 3.8) is 0 Å². The largest absolute Gasteiger partial charge is 0.391 e. The first-order chi connectivity index (χ1) is 11.9. The van der Waals surface area contributed by atoms with Crippen molar-refractivity contribution in [1.29, 1.82) is 0 Å². The summed E-state index contributed by atoms with van der Waals surface area (Å²) in [5.74, 6) is -0.176. The maximum Gasteiger partial charge on any atom is 0.250 e. The topological polar surface area (TPSA) is 66.4 Å². The highest BCUT2D eigenvalue weighted by Gasteiger charge is 2.22. The number of aliphatic hydroxyl groups is 1. The molecule has 3 rings (SSSR count). The Balaban J connectivity index is 1.72. The van der Waals surface area contributed by atoms with Gasteiger partial charge in [-0.05, 0) is 35.2 Å². The van der Waals surface area contributed by atoms with Crippen LogP contribution in [0.25, 0.3) is 10.1 Å². The minimum atomic E-state index is -3.68. The maximum atomic E-state index is 12.5. The van der Waals surface area contributed by atoms with Gasteiger partial charge in [0.05, 0.1) is 6.10 Å². The Bertz CT molecular complexity index is 970. The molecular formula is C18H18ClNO3S2. The zero-order valence-electron chi connectivity index (χ0n) is 13.5. The minimum Gasteiger partial charge on any atom is -0.391 e. The van der Waals surface area contributed by atoms with Gasteiger partial charge in [-0.15, -0.1) is 11.3 Å². The van der Waals surface area contributed by atoms with E-state index < -0.39 is 16.1 Å². The van der Waals surface area contributed by atoms with Crippen LogP contribution in [0.15, 0.2) is 58.8 Å². The number of hydrogen-bond acceptors (Lipinski definition) is 4. The highest BCUT2D eigenvalue weighted by molar-refractivity contribution is 7.91. The fourth-order valence-electron chi connectivity index (χ4n) is 2.54. The summed E-state index contributed by atoms with van der Waals surface area (Å²) in [4.78, 5) is 0. The van der Waals surface area contributed by atoms with Crippen molar-refractivity contribution >= 4 is 43.0 Å². The van der Waals surface area contributed by atoms with E-state index in [0.717, 1.165) is 15.6 Å². The molecule has 0 saturated carbocycles. The van der Waals surface area contributed by atoms with Crippen LogP contribution in [0.5, 0.6) is 0 Å². The van der Waals surface area contributed by atoms with Gasteiger partial charge in [-0.2, -0.15) is 0 Å². The van der Waals surface area contributed by atoms with Crippen molar-refractivity contribution in [3.05, 3.63) is 65.2 Å². The van der Waals surface area contributed by atoms with E-state index in [9.17, 15) is 13.5 Å². The van der Waals surface area contributed by atoms with Crippen LogP contribution < -0.4 is 4.72 Å². The predicted molar refractivity (Wildman–Crippen MR) is 103 cm³/mol. The number of fused-ring (bicyclic) bond motifs is 1. The van der Waals surface area contributed by atoms with Crippen LogP contribution in [0.3, 0.4) is 0 Å². The van der Waals surface area contributed by atoms with Gasteiger partial charge in [0.1, 0.15) is 4.21 Å². The van der Waals surface area contributed by atoms with Gasteiger partial charge in [-0.3, -0.25) is 0 Å². The lowest BCUT2D eigenvalue weighted by Crippen LogP contribution is -2.34. The van der Waals surface area contributed by atoms with E-state index in [4.69, 9.17) is 11.6 Å². The van der Waals surface area contributed by atoms with Gasteiger partial charge in [0.25, 0.3) is 0 Å². The van der Waals surface area contributed by atoms with Gasteiger partial charge in [-0.25, -0.2) is 13.1 Å². The Morgan fingerprint density at radius 2 is 1.88 bits per heavy atom. The van der Waals surface area contributed by atoms with E-state index in [-0.39, 0.29) is 16.7 Å². The van der Waals surface area contributed by atoms with Crippen molar-refractivity contribution in [2.24, 2.45) is 0 Å². The third kappa shape index (κ3) is 4.22. The smallest absolute Gasteiger partial charge is 0.250 e. The molecule has 0 bridgehead atoms. The van der Waals surface area contributed by atoms with E-state index in [1.807, 2.05) is 37.3 Å². The number of sulfonamides is 1. The summed E-state index contributed by atoms with van der Waals surface area (Å²) in [6, 6.07) is 16.4. The Hall–Kier alpha value is -1.44. The van der Waals surface area contributed by atoms with E-state index in [2.05, 4.69) is 4.72 Å². The number of hydrogen-bond donors (Lipinski definition) is 2. The lowest BCUT2D eigenvalue weighted by Gasteiger charge is -2.19. The first-order valence-corrected chi connectivity index (χ1v) is 10.5. The van der Waals surface area contributed by atoms with Gasteiger partial charge in [-0.1, -0.05) is 48.9 Å². The highest BCUT2D eigenvalue weighted by Crippen LogP contribution is 2.31. The molecule has 1 aromatic heterocycles. The Kier molecular flexibility index (Phi) is 5.46. The molecule has 0 aliphatic rings. The van der Waals surface area contributed by atoms with E-state index in [1.54, 1.807) is 24.3 Å². The summed E-state index contributed by atoms with van der Waals surface area (Å²) in [6.07, 6.45) is -0.819. The summed E-state index contributed by atoms with van der Waals surface area (Å²) in [7, 11) is -3.68. The average molecular weight is 396 g/mol. The number of nitrogens with one attached hydrogen (secondary N) is 1. The van der Waals surface area contributed by atoms with Gasteiger partial charge in [0.2, 0.25) is 10.0 Å². The minimum absolute atomic E-state index is 0.0482. The third-order valence-corrected chi connectivity index (χ3v) is 7.35. The molecule has 2 N–H and O–H groups in total. The number of thiophene rings is 1. The van der Waals surface area contributed by atoms with E-state index in [1.165, 1.54) is 11.3 Å². The summed E-state index contributed by atoms with van der Waals surface area (Å²) in [5, 5.41) is 11.7. The summed E-state index contributed by atoms with van der Waals surface area (Å²) >= 11 is 7.12. The fraction of sp³-hybridized carbons (Fsp3) is 0.222. The molecule has 3 aromatic rings. The molecule has 1 heterocycles. The van der Waals surface area contributed by atoms with Crippen LogP contribution in [0.1, 0.15) is 18.4 Å². The molecule has 0 amide bonds. The number of aliphatic hydroxyl groups excluding tert-OH is 1. The van der Waals surface area contributed by atoms with Gasteiger partial charge >= 0.3 is 0 Å². The number of benzene rings is 2. The molecule has 4 nitrogen and oxygen atoms in total. The molecular weight excluding hydrogens is 378 g/mol. The van der Waals surface area contributed by atoms with Crippen molar-refractivity contribution < 1.29 is 13.5 Å². The van der Waals surface area contributed by atoms with E-state index in [0.29, 0.717) is 5.02 Å². The molecule has 0 aliphatic carbocycles. The first kappa shape index (κ1) is 18.4.